The summed E-state index contributed by atoms with van der Waals surface area (Å²) in [6.45, 7) is 0. The van der Waals surface area contributed by atoms with E-state index in [1.54, 1.807) is 30.3 Å². The summed E-state index contributed by atoms with van der Waals surface area (Å²) in [6, 6.07) is 11.4. The van der Waals surface area contributed by atoms with Crippen LogP contribution in [0.5, 0.6) is 5.75 Å². The van der Waals surface area contributed by atoms with Crippen molar-refractivity contribution in [3.63, 3.8) is 0 Å². The van der Waals surface area contributed by atoms with E-state index in [0.29, 0.717) is 16.4 Å². The maximum atomic E-state index is 12.1. The van der Waals surface area contributed by atoms with E-state index in [2.05, 4.69) is 10.6 Å². The highest BCUT2D eigenvalue weighted by molar-refractivity contribution is 6.31. The first-order valence-corrected chi connectivity index (χ1v) is 7.10. The summed E-state index contributed by atoms with van der Waals surface area (Å²) < 4.78 is 0. The van der Waals surface area contributed by atoms with Gasteiger partial charge in [0.05, 0.1) is 5.92 Å². The minimum Gasteiger partial charge on any atom is -0.508 e. The standard InChI is InChI=1S/C16H13ClN2O3/c17-9-4-5-14-12(6-9)13(16(22)19-14)8-15(21)18-10-2-1-3-11(20)7-10/h1-7,13,20H,8H2,(H,18,21)(H,19,22). The van der Waals surface area contributed by atoms with E-state index >= 15 is 0 Å². The number of amides is 2. The molecule has 6 heteroatoms. The molecule has 1 aliphatic heterocycles. The first kappa shape index (κ1) is 14.4. The second-order valence-electron chi connectivity index (χ2n) is 5.08. The summed E-state index contributed by atoms with van der Waals surface area (Å²) in [6.07, 6.45) is 0.00876. The zero-order valence-corrected chi connectivity index (χ0v) is 12.2. The zero-order valence-electron chi connectivity index (χ0n) is 11.5. The molecule has 2 aromatic carbocycles. The molecule has 0 radical (unpaired) electrons. The van der Waals surface area contributed by atoms with Gasteiger partial charge in [0.15, 0.2) is 0 Å². The van der Waals surface area contributed by atoms with E-state index < -0.39 is 5.92 Å². The topological polar surface area (TPSA) is 78.4 Å². The van der Waals surface area contributed by atoms with Gasteiger partial charge in [0, 0.05) is 28.9 Å². The predicted octanol–water partition coefficient (Wildman–Crippen LogP) is 3.11. The highest BCUT2D eigenvalue weighted by Crippen LogP contribution is 2.36. The van der Waals surface area contributed by atoms with E-state index in [9.17, 15) is 14.7 Å². The number of carbonyl (C=O) groups is 2. The molecule has 3 rings (SSSR count). The molecular weight excluding hydrogens is 304 g/mol. The molecule has 1 unspecified atom stereocenters. The molecule has 1 aliphatic rings. The predicted molar refractivity (Wildman–Crippen MR) is 84.2 cm³/mol. The van der Waals surface area contributed by atoms with Crippen LogP contribution in [0, 0.1) is 0 Å². The number of phenolic OH excluding ortho intramolecular Hbond substituents is 1. The van der Waals surface area contributed by atoms with Gasteiger partial charge in [-0.25, -0.2) is 0 Å². The molecule has 112 valence electrons. The van der Waals surface area contributed by atoms with Crippen LogP contribution >= 0.6 is 11.6 Å². The van der Waals surface area contributed by atoms with E-state index in [1.165, 1.54) is 12.1 Å². The SMILES string of the molecule is O=C(CC1C(=O)Nc2ccc(Cl)cc21)Nc1cccc(O)c1. The van der Waals surface area contributed by atoms with Gasteiger partial charge in [0.1, 0.15) is 5.75 Å². The lowest BCUT2D eigenvalue weighted by atomic mass is 9.97. The minimum atomic E-state index is -0.564. The lowest BCUT2D eigenvalue weighted by molar-refractivity contribution is -0.122. The number of nitrogens with one attached hydrogen (secondary N) is 2. The Balaban J connectivity index is 1.75. The number of hydrogen-bond donors (Lipinski definition) is 3. The summed E-state index contributed by atoms with van der Waals surface area (Å²) in [4.78, 5) is 24.1. The van der Waals surface area contributed by atoms with Gasteiger partial charge in [-0.1, -0.05) is 17.7 Å². The molecule has 2 amide bonds. The Morgan fingerprint density at radius 1 is 1.27 bits per heavy atom. The van der Waals surface area contributed by atoms with Gasteiger partial charge < -0.3 is 15.7 Å². The Hall–Kier alpha value is -2.53. The van der Waals surface area contributed by atoms with Crippen molar-refractivity contribution in [2.45, 2.75) is 12.3 Å². The second-order valence-corrected chi connectivity index (χ2v) is 5.51. The van der Waals surface area contributed by atoms with Crippen LogP contribution in [0.3, 0.4) is 0 Å². The average molecular weight is 317 g/mol. The van der Waals surface area contributed by atoms with Crippen molar-refractivity contribution in [1.82, 2.24) is 0 Å². The monoisotopic (exact) mass is 316 g/mol. The molecule has 22 heavy (non-hydrogen) atoms. The molecule has 0 saturated carbocycles. The minimum absolute atomic E-state index is 0.00876. The van der Waals surface area contributed by atoms with Crippen molar-refractivity contribution in [2.24, 2.45) is 0 Å². The lowest BCUT2D eigenvalue weighted by Crippen LogP contribution is -2.20. The quantitative estimate of drug-likeness (QED) is 0.814. The number of aromatic hydroxyl groups is 1. The Morgan fingerprint density at radius 2 is 2.09 bits per heavy atom. The van der Waals surface area contributed by atoms with Gasteiger partial charge in [0.25, 0.3) is 0 Å². The van der Waals surface area contributed by atoms with Crippen LogP contribution in [-0.4, -0.2) is 16.9 Å². The van der Waals surface area contributed by atoms with Crippen molar-refractivity contribution in [3.05, 3.63) is 53.1 Å². The number of benzene rings is 2. The summed E-state index contributed by atoms with van der Waals surface area (Å²) in [7, 11) is 0. The first-order valence-electron chi connectivity index (χ1n) is 6.72. The highest BCUT2D eigenvalue weighted by Gasteiger charge is 2.32. The third-order valence-corrected chi connectivity index (χ3v) is 3.72. The molecule has 0 aromatic heterocycles. The molecule has 0 spiro atoms. The Morgan fingerprint density at radius 3 is 2.86 bits per heavy atom. The van der Waals surface area contributed by atoms with Crippen LogP contribution < -0.4 is 10.6 Å². The Kier molecular flexibility index (Phi) is 3.73. The van der Waals surface area contributed by atoms with Crippen molar-refractivity contribution < 1.29 is 14.7 Å². The molecular formula is C16H13ClN2O3. The number of halogens is 1. The maximum Gasteiger partial charge on any atom is 0.232 e. The number of fused-ring (bicyclic) bond motifs is 1. The fourth-order valence-electron chi connectivity index (χ4n) is 2.48. The van der Waals surface area contributed by atoms with Gasteiger partial charge in [0.2, 0.25) is 11.8 Å². The van der Waals surface area contributed by atoms with Gasteiger partial charge in [-0.2, -0.15) is 0 Å². The molecule has 3 N–H and O–H groups in total. The van der Waals surface area contributed by atoms with Crippen molar-refractivity contribution in [1.29, 1.82) is 0 Å². The molecule has 1 heterocycles. The van der Waals surface area contributed by atoms with Gasteiger partial charge in [-0.3, -0.25) is 9.59 Å². The number of anilines is 2. The van der Waals surface area contributed by atoms with Crippen molar-refractivity contribution >= 4 is 34.8 Å². The molecule has 5 nitrogen and oxygen atoms in total. The summed E-state index contributed by atoms with van der Waals surface area (Å²) >= 11 is 5.95. The maximum absolute atomic E-state index is 12.1. The van der Waals surface area contributed by atoms with Crippen LogP contribution in [0.2, 0.25) is 5.02 Å². The molecule has 0 bridgehead atoms. The zero-order chi connectivity index (χ0) is 15.7. The van der Waals surface area contributed by atoms with Gasteiger partial charge in [-0.05, 0) is 35.9 Å². The average Bonchev–Trinajstić information content (AvgIpc) is 2.75. The first-order chi connectivity index (χ1) is 10.5. The smallest absolute Gasteiger partial charge is 0.232 e. The normalized spacial score (nSPS) is 16.0. The fraction of sp³-hybridized carbons (Fsp3) is 0.125. The number of carbonyl (C=O) groups excluding carboxylic acids is 2. The van der Waals surface area contributed by atoms with Crippen LogP contribution in [0.25, 0.3) is 0 Å². The number of rotatable bonds is 3. The Labute approximate surface area is 131 Å². The van der Waals surface area contributed by atoms with Crippen LogP contribution in [-0.2, 0) is 9.59 Å². The van der Waals surface area contributed by atoms with Crippen LogP contribution in [0.1, 0.15) is 17.9 Å². The lowest BCUT2D eigenvalue weighted by Gasteiger charge is -2.10. The second kappa shape index (κ2) is 5.69. The summed E-state index contributed by atoms with van der Waals surface area (Å²) in [5, 5.41) is 15.3. The van der Waals surface area contributed by atoms with Crippen LogP contribution in [0.4, 0.5) is 11.4 Å². The van der Waals surface area contributed by atoms with E-state index in [-0.39, 0.29) is 24.0 Å². The third-order valence-electron chi connectivity index (χ3n) is 3.48. The number of hydrogen-bond acceptors (Lipinski definition) is 3. The fourth-order valence-corrected chi connectivity index (χ4v) is 2.66. The van der Waals surface area contributed by atoms with Crippen molar-refractivity contribution in [2.75, 3.05) is 10.6 Å². The largest absolute Gasteiger partial charge is 0.508 e. The molecule has 0 fully saturated rings. The molecule has 2 aromatic rings. The van der Waals surface area contributed by atoms with Gasteiger partial charge in [-0.15, -0.1) is 0 Å². The van der Waals surface area contributed by atoms with E-state index in [0.717, 1.165) is 5.56 Å². The van der Waals surface area contributed by atoms with E-state index in [1.807, 2.05) is 0 Å². The van der Waals surface area contributed by atoms with Crippen molar-refractivity contribution in [3.8, 4) is 5.75 Å². The molecule has 0 aliphatic carbocycles. The van der Waals surface area contributed by atoms with E-state index in [4.69, 9.17) is 11.6 Å². The Bertz CT molecular complexity index is 761. The number of phenols is 1. The summed E-state index contributed by atoms with van der Waals surface area (Å²) in [5.74, 6) is -1.03. The third kappa shape index (κ3) is 2.89. The molecule has 1 atom stereocenters. The van der Waals surface area contributed by atoms with Crippen LogP contribution in [0.15, 0.2) is 42.5 Å². The summed E-state index contributed by atoms with van der Waals surface area (Å²) in [5.41, 5.74) is 1.89. The van der Waals surface area contributed by atoms with Gasteiger partial charge >= 0.3 is 0 Å². The molecule has 0 saturated heterocycles. The highest BCUT2D eigenvalue weighted by atomic mass is 35.5.